The molecule has 1 saturated heterocycles. The van der Waals surface area contributed by atoms with Crippen LogP contribution in [0, 0.1) is 0 Å². The van der Waals surface area contributed by atoms with Crippen LogP contribution >= 0.6 is 11.8 Å². The second kappa shape index (κ2) is 7.79. The second-order valence-corrected chi connectivity index (χ2v) is 7.19. The number of rotatable bonds is 5. The summed E-state index contributed by atoms with van der Waals surface area (Å²) < 4.78 is 0. The molecular formula is C14H26N6S. The molecule has 0 saturated carbocycles. The number of aromatic nitrogens is 3. The van der Waals surface area contributed by atoms with E-state index in [1.54, 1.807) is 0 Å². The largest absolute Gasteiger partial charge is 0.368 e. The molecule has 2 N–H and O–H groups in total. The summed E-state index contributed by atoms with van der Waals surface area (Å²) >= 11 is 2.06. The maximum Gasteiger partial charge on any atom is 0.229 e. The van der Waals surface area contributed by atoms with Crippen LogP contribution in [0.15, 0.2) is 0 Å². The van der Waals surface area contributed by atoms with Crippen LogP contribution in [-0.4, -0.2) is 58.0 Å². The van der Waals surface area contributed by atoms with Crippen molar-refractivity contribution < 1.29 is 0 Å². The van der Waals surface area contributed by atoms with Gasteiger partial charge in [0.25, 0.3) is 0 Å². The van der Waals surface area contributed by atoms with Crippen LogP contribution in [0.1, 0.15) is 32.0 Å². The normalized spacial score (nSPS) is 20.2. The van der Waals surface area contributed by atoms with Gasteiger partial charge in [0.2, 0.25) is 11.9 Å². The van der Waals surface area contributed by atoms with Gasteiger partial charge < -0.3 is 10.6 Å². The Morgan fingerprint density at radius 2 is 2.10 bits per heavy atom. The van der Waals surface area contributed by atoms with Gasteiger partial charge in [0.1, 0.15) is 5.82 Å². The van der Waals surface area contributed by atoms with Crippen LogP contribution in [0.5, 0.6) is 0 Å². The Hall–Kier alpha value is -1.08. The third-order valence-corrected chi connectivity index (χ3v) is 4.76. The van der Waals surface area contributed by atoms with E-state index in [4.69, 9.17) is 5.73 Å². The zero-order chi connectivity index (χ0) is 15.2. The summed E-state index contributed by atoms with van der Waals surface area (Å²) in [4.78, 5) is 17.3. The minimum atomic E-state index is 0.304. The summed E-state index contributed by atoms with van der Waals surface area (Å²) in [5, 5.41) is 0.727. The van der Waals surface area contributed by atoms with E-state index in [1.807, 2.05) is 19.0 Å². The molecule has 1 atom stereocenters. The molecule has 1 fully saturated rings. The quantitative estimate of drug-likeness (QED) is 0.886. The van der Waals surface area contributed by atoms with E-state index >= 15 is 0 Å². The van der Waals surface area contributed by atoms with Crippen molar-refractivity contribution in [2.45, 2.75) is 38.0 Å². The van der Waals surface area contributed by atoms with Crippen LogP contribution in [0.4, 0.5) is 11.9 Å². The highest BCUT2D eigenvalue weighted by molar-refractivity contribution is 7.99. The summed E-state index contributed by atoms with van der Waals surface area (Å²) in [5.41, 5.74) is 5.80. The minimum Gasteiger partial charge on any atom is -0.368 e. The molecular weight excluding hydrogens is 284 g/mol. The summed E-state index contributed by atoms with van der Waals surface area (Å²) in [5.74, 6) is 2.89. The highest BCUT2D eigenvalue weighted by Gasteiger charge is 2.19. The van der Waals surface area contributed by atoms with E-state index in [1.165, 1.54) is 25.0 Å². The number of likely N-dealkylation sites (tertiary alicyclic amines) is 1. The Kier molecular flexibility index (Phi) is 6.05. The van der Waals surface area contributed by atoms with Crippen molar-refractivity contribution in [2.24, 2.45) is 0 Å². The molecule has 6 nitrogen and oxygen atoms in total. The third kappa shape index (κ3) is 5.00. The van der Waals surface area contributed by atoms with Crippen molar-refractivity contribution in [1.29, 1.82) is 0 Å². The van der Waals surface area contributed by atoms with Crippen LogP contribution in [0.3, 0.4) is 0 Å². The summed E-state index contributed by atoms with van der Waals surface area (Å²) in [6, 6.07) is 0. The second-order valence-electron chi connectivity index (χ2n) is 5.61. The van der Waals surface area contributed by atoms with Gasteiger partial charge in [-0.3, -0.25) is 4.90 Å². The molecule has 0 spiro atoms. The van der Waals surface area contributed by atoms with Gasteiger partial charge in [-0.25, -0.2) is 0 Å². The van der Waals surface area contributed by atoms with E-state index in [2.05, 4.69) is 38.5 Å². The number of hydrogen-bond donors (Lipinski definition) is 1. The number of nitrogens with zero attached hydrogens (tertiary/aromatic N) is 5. The van der Waals surface area contributed by atoms with Crippen molar-refractivity contribution in [3.63, 3.8) is 0 Å². The van der Waals surface area contributed by atoms with Gasteiger partial charge >= 0.3 is 0 Å². The molecule has 7 heteroatoms. The highest BCUT2D eigenvalue weighted by Crippen LogP contribution is 2.22. The molecule has 1 aliphatic heterocycles. The van der Waals surface area contributed by atoms with Crippen LogP contribution < -0.4 is 10.6 Å². The van der Waals surface area contributed by atoms with Crippen LogP contribution in [0.25, 0.3) is 0 Å². The summed E-state index contributed by atoms with van der Waals surface area (Å²) in [6.07, 6.45) is 3.88. The molecule has 0 aliphatic carbocycles. The lowest BCUT2D eigenvalue weighted by Crippen LogP contribution is -2.30. The van der Waals surface area contributed by atoms with E-state index in [0.29, 0.717) is 11.9 Å². The standard InChI is InChI=1S/C14H26N6S/c1-4-21-11-7-5-6-8-20(9-11)10-12-16-13(15)18-14(17-12)19(2)3/h11H,4-10H2,1-3H3,(H2,15,16,17,18). The predicted molar refractivity (Wildman–Crippen MR) is 89.6 cm³/mol. The van der Waals surface area contributed by atoms with E-state index < -0.39 is 0 Å². The molecule has 0 amide bonds. The van der Waals surface area contributed by atoms with Crippen molar-refractivity contribution in [3.05, 3.63) is 5.82 Å². The molecule has 1 aromatic heterocycles. The first-order valence-corrected chi connectivity index (χ1v) is 8.65. The van der Waals surface area contributed by atoms with Gasteiger partial charge in [0.05, 0.1) is 6.54 Å². The maximum atomic E-state index is 5.80. The first-order chi connectivity index (χ1) is 10.1. The Balaban J connectivity index is 2.05. The fraction of sp³-hybridized carbons (Fsp3) is 0.786. The zero-order valence-electron chi connectivity index (χ0n) is 13.2. The average Bonchev–Trinajstić information content (AvgIpc) is 2.63. The molecule has 0 radical (unpaired) electrons. The van der Waals surface area contributed by atoms with E-state index in [9.17, 15) is 0 Å². The molecule has 0 aromatic carbocycles. The number of nitrogens with two attached hydrogens (primary N) is 1. The lowest BCUT2D eigenvalue weighted by molar-refractivity contribution is 0.272. The molecule has 2 rings (SSSR count). The molecule has 118 valence electrons. The first-order valence-electron chi connectivity index (χ1n) is 7.60. The predicted octanol–water partition coefficient (Wildman–Crippen LogP) is 1.63. The zero-order valence-corrected chi connectivity index (χ0v) is 14.1. The number of hydrogen-bond acceptors (Lipinski definition) is 7. The third-order valence-electron chi connectivity index (χ3n) is 3.57. The van der Waals surface area contributed by atoms with Gasteiger partial charge in [-0.15, -0.1) is 0 Å². The monoisotopic (exact) mass is 310 g/mol. The number of nitrogen functional groups attached to an aromatic ring is 1. The maximum absolute atomic E-state index is 5.80. The first kappa shape index (κ1) is 16.3. The fourth-order valence-corrected chi connectivity index (χ4v) is 3.71. The Labute approximate surface area is 131 Å². The lowest BCUT2D eigenvalue weighted by atomic mass is 10.2. The molecule has 1 aliphatic rings. The van der Waals surface area contributed by atoms with Crippen LogP contribution in [0.2, 0.25) is 0 Å². The highest BCUT2D eigenvalue weighted by atomic mass is 32.2. The topological polar surface area (TPSA) is 71.2 Å². The lowest BCUT2D eigenvalue weighted by Gasteiger charge is -2.23. The van der Waals surface area contributed by atoms with E-state index in [0.717, 1.165) is 30.7 Å². The van der Waals surface area contributed by atoms with Gasteiger partial charge in [-0.2, -0.15) is 26.7 Å². The van der Waals surface area contributed by atoms with Crippen molar-refractivity contribution in [1.82, 2.24) is 19.9 Å². The van der Waals surface area contributed by atoms with Gasteiger partial charge in [-0.05, 0) is 25.1 Å². The minimum absolute atomic E-state index is 0.304. The van der Waals surface area contributed by atoms with Gasteiger partial charge in [-0.1, -0.05) is 13.3 Å². The smallest absolute Gasteiger partial charge is 0.229 e. The SMILES string of the molecule is CCSC1CCCCN(Cc2nc(N)nc(N(C)C)n2)C1. The fourth-order valence-electron chi connectivity index (χ4n) is 2.59. The molecule has 21 heavy (non-hydrogen) atoms. The number of anilines is 2. The van der Waals surface area contributed by atoms with Gasteiger partial charge in [0, 0.05) is 25.9 Å². The van der Waals surface area contributed by atoms with Crippen molar-refractivity contribution >= 4 is 23.7 Å². The molecule has 2 heterocycles. The average molecular weight is 310 g/mol. The van der Waals surface area contributed by atoms with E-state index in [-0.39, 0.29) is 0 Å². The Bertz CT molecular complexity index is 453. The summed E-state index contributed by atoms with van der Waals surface area (Å²) in [7, 11) is 3.83. The van der Waals surface area contributed by atoms with Crippen molar-refractivity contribution in [3.8, 4) is 0 Å². The summed E-state index contributed by atoms with van der Waals surface area (Å²) in [6.45, 7) is 5.22. The molecule has 1 unspecified atom stereocenters. The Morgan fingerprint density at radius 1 is 1.29 bits per heavy atom. The van der Waals surface area contributed by atoms with Crippen LogP contribution in [-0.2, 0) is 6.54 Å². The number of thioether (sulfide) groups is 1. The molecule has 0 bridgehead atoms. The van der Waals surface area contributed by atoms with Crippen molar-refractivity contribution in [2.75, 3.05) is 43.6 Å². The van der Waals surface area contributed by atoms with Gasteiger partial charge in [0.15, 0.2) is 0 Å². The molecule has 1 aromatic rings. The Morgan fingerprint density at radius 3 is 2.81 bits per heavy atom.